The molecular weight excluding hydrogens is 645 g/mol. The quantitative estimate of drug-likeness (QED) is 0.294. The zero-order valence-corrected chi connectivity index (χ0v) is 30.5. The number of aromatic nitrogens is 1. The van der Waals surface area contributed by atoms with Gasteiger partial charge in [-0.1, -0.05) is 13.8 Å². The SMILES string of the molecule is CC(C)CC(C)Oc1ccc(S(=O)(=O)c2cnc3ccc(S(C)=O)cc3c2N2CCC(N3CCC(N4CCC(O)CC4)CC3)CC2)cc1. The van der Waals surface area contributed by atoms with Crippen molar-refractivity contribution < 1.29 is 22.5 Å². The molecule has 3 aliphatic heterocycles. The highest BCUT2D eigenvalue weighted by Crippen LogP contribution is 2.39. The van der Waals surface area contributed by atoms with Crippen molar-refractivity contribution in [1.82, 2.24) is 14.8 Å². The van der Waals surface area contributed by atoms with Crippen LogP contribution in [0.15, 0.2) is 63.3 Å². The first-order valence-electron chi connectivity index (χ1n) is 17.7. The summed E-state index contributed by atoms with van der Waals surface area (Å²) in [4.78, 5) is 13.1. The second kappa shape index (κ2) is 15.1. The third-order valence-electron chi connectivity index (χ3n) is 10.5. The molecule has 1 N–H and O–H groups in total. The van der Waals surface area contributed by atoms with Gasteiger partial charge in [0.05, 0.1) is 28.3 Å². The van der Waals surface area contributed by atoms with Crippen LogP contribution in [-0.4, -0.2) is 102 Å². The first-order chi connectivity index (χ1) is 23.0. The van der Waals surface area contributed by atoms with E-state index in [1.165, 1.54) is 6.20 Å². The van der Waals surface area contributed by atoms with E-state index in [4.69, 9.17) is 4.74 Å². The normalized spacial score (nSPS) is 21.2. The molecule has 2 atom stereocenters. The molecule has 0 radical (unpaired) electrons. The van der Waals surface area contributed by atoms with Gasteiger partial charge in [0.1, 0.15) is 10.6 Å². The number of aliphatic hydroxyl groups excluding tert-OH is 1. The highest BCUT2D eigenvalue weighted by molar-refractivity contribution is 7.91. The van der Waals surface area contributed by atoms with Crippen molar-refractivity contribution in [3.8, 4) is 5.75 Å². The van der Waals surface area contributed by atoms with Crippen molar-refractivity contribution in [2.24, 2.45) is 5.92 Å². The first kappa shape index (κ1) is 35.3. The molecule has 0 saturated carbocycles. The van der Waals surface area contributed by atoms with E-state index < -0.39 is 20.6 Å². The largest absolute Gasteiger partial charge is 0.491 e. The number of hydrogen-bond donors (Lipinski definition) is 1. The molecule has 9 nitrogen and oxygen atoms in total. The summed E-state index contributed by atoms with van der Waals surface area (Å²) in [5.41, 5.74) is 1.35. The number of nitrogens with zero attached hydrogens (tertiary/aromatic N) is 4. The highest BCUT2D eigenvalue weighted by Gasteiger charge is 2.34. The Morgan fingerprint density at radius 2 is 1.46 bits per heavy atom. The van der Waals surface area contributed by atoms with Gasteiger partial charge in [-0.3, -0.25) is 9.19 Å². The molecule has 0 spiro atoms. The van der Waals surface area contributed by atoms with Crippen LogP contribution < -0.4 is 9.64 Å². The predicted molar refractivity (Wildman–Crippen MR) is 192 cm³/mol. The maximum absolute atomic E-state index is 14.3. The van der Waals surface area contributed by atoms with Crippen molar-refractivity contribution in [3.05, 3.63) is 48.7 Å². The number of pyridine rings is 1. The van der Waals surface area contributed by atoms with E-state index in [9.17, 15) is 17.7 Å². The zero-order valence-electron chi connectivity index (χ0n) is 28.9. The summed E-state index contributed by atoms with van der Waals surface area (Å²) in [5, 5.41) is 10.6. The summed E-state index contributed by atoms with van der Waals surface area (Å²) < 4.78 is 47.3. The van der Waals surface area contributed by atoms with Crippen LogP contribution in [0.4, 0.5) is 5.69 Å². The van der Waals surface area contributed by atoms with E-state index in [2.05, 4.69) is 33.5 Å². The van der Waals surface area contributed by atoms with E-state index in [-0.39, 0.29) is 22.0 Å². The molecule has 3 aliphatic rings. The summed E-state index contributed by atoms with van der Waals surface area (Å²) in [5.74, 6) is 1.15. The number of anilines is 1. The lowest BCUT2D eigenvalue weighted by atomic mass is 9.95. The molecule has 6 rings (SSSR count). The van der Waals surface area contributed by atoms with Crippen molar-refractivity contribution >= 4 is 37.2 Å². The van der Waals surface area contributed by atoms with Crippen LogP contribution in [0.1, 0.15) is 65.7 Å². The van der Waals surface area contributed by atoms with Gasteiger partial charge < -0.3 is 24.5 Å². The summed E-state index contributed by atoms with van der Waals surface area (Å²) in [6, 6.07) is 13.3. The molecule has 0 aliphatic carbocycles. The number of hydrogen-bond acceptors (Lipinski definition) is 9. The van der Waals surface area contributed by atoms with Crippen LogP contribution in [0, 0.1) is 5.92 Å². The number of piperidine rings is 3. The van der Waals surface area contributed by atoms with Crippen molar-refractivity contribution in [2.75, 3.05) is 50.4 Å². The van der Waals surface area contributed by atoms with Crippen LogP contribution >= 0.6 is 0 Å². The van der Waals surface area contributed by atoms with Gasteiger partial charge in [-0.15, -0.1) is 0 Å². The first-order valence-corrected chi connectivity index (χ1v) is 20.7. The third kappa shape index (κ3) is 7.91. The Morgan fingerprint density at radius 1 is 0.875 bits per heavy atom. The Morgan fingerprint density at radius 3 is 2.04 bits per heavy atom. The minimum absolute atomic E-state index is 0.0287. The second-order valence-corrected chi connectivity index (χ2v) is 17.7. The van der Waals surface area contributed by atoms with Gasteiger partial charge in [0, 0.05) is 71.8 Å². The average molecular weight is 697 g/mol. The Balaban J connectivity index is 1.22. The molecule has 3 aromatic rings. The van der Waals surface area contributed by atoms with Crippen LogP contribution in [0.5, 0.6) is 5.75 Å². The summed E-state index contributed by atoms with van der Waals surface area (Å²) in [6.45, 7) is 12.0. The predicted octanol–water partition coefficient (Wildman–Crippen LogP) is 5.51. The van der Waals surface area contributed by atoms with E-state index in [0.717, 1.165) is 89.6 Å². The van der Waals surface area contributed by atoms with E-state index >= 15 is 0 Å². The summed E-state index contributed by atoms with van der Waals surface area (Å²) in [6.07, 6.45) is 9.92. The lowest BCUT2D eigenvalue weighted by Crippen LogP contribution is -2.52. The minimum Gasteiger partial charge on any atom is -0.491 e. The molecule has 262 valence electrons. The van der Waals surface area contributed by atoms with Crippen molar-refractivity contribution in [2.45, 2.75) is 105 Å². The van der Waals surface area contributed by atoms with Gasteiger partial charge >= 0.3 is 0 Å². The number of fused-ring (bicyclic) bond motifs is 1. The van der Waals surface area contributed by atoms with Crippen molar-refractivity contribution in [1.29, 1.82) is 0 Å². The lowest BCUT2D eigenvalue weighted by molar-refractivity contribution is 0.0289. The van der Waals surface area contributed by atoms with Gasteiger partial charge in [-0.2, -0.15) is 0 Å². The highest BCUT2D eigenvalue weighted by atomic mass is 32.2. The molecule has 3 saturated heterocycles. The van der Waals surface area contributed by atoms with Crippen LogP contribution in [0.2, 0.25) is 0 Å². The van der Waals surface area contributed by atoms with E-state index in [0.29, 0.717) is 39.9 Å². The monoisotopic (exact) mass is 696 g/mol. The van der Waals surface area contributed by atoms with Gasteiger partial charge in [0.15, 0.2) is 0 Å². The molecule has 2 aromatic carbocycles. The Kier molecular flexibility index (Phi) is 11.1. The van der Waals surface area contributed by atoms with Crippen LogP contribution in [0.25, 0.3) is 10.9 Å². The number of sulfone groups is 1. The molecule has 1 aromatic heterocycles. The molecule has 3 fully saturated rings. The van der Waals surface area contributed by atoms with Gasteiger partial charge in [0.2, 0.25) is 9.84 Å². The molecular formula is C37H52N4O5S2. The lowest BCUT2D eigenvalue weighted by Gasteiger charge is -2.45. The molecule has 2 unspecified atom stereocenters. The summed E-state index contributed by atoms with van der Waals surface area (Å²) in [7, 11) is -5.15. The molecule has 4 heterocycles. The fraction of sp³-hybridized carbons (Fsp3) is 0.595. The number of aliphatic hydroxyl groups is 1. The fourth-order valence-corrected chi connectivity index (χ4v) is 9.91. The van der Waals surface area contributed by atoms with E-state index in [1.807, 2.05) is 25.1 Å². The van der Waals surface area contributed by atoms with Gasteiger partial charge in [-0.25, -0.2) is 8.42 Å². The van der Waals surface area contributed by atoms with Gasteiger partial charge in [-0.05, 0) is 113 Å². The van der Waals surface area contributed by atoms with Crippen molar-refractivity contribution in [3.63, 3.8) is 0 Å². The Hall–Kier alpha value is -2.57. The zero-order chi connectivity index (χ0) is 34.0. The standard InChI is InChI=1S/C37H52N4O5S2/c1-26(2)23-27(3)46-31-5-8-33(9-6-31)48(44,45)36-25-38-35-10-7-32(47(4)43)24-34(35)37(36)41-19-13-29(14-20-41)39-17-11-28(12-18-39)40-21-15-30(42)16-22-40/h5-10,24-30,42H,11-23H2,1-4H3. The smallest absolute Gasteiger partial charge is 0.210 e. The maximum atomic E-state index is 14.3. The van der Waals surface area contributed by atoms with Crippen LogP contribution in [0.3, 0.4) is 0 Å². The van der Waals surface area contributed by atoms with Gasteiger partial charge in [0.25, 0.3) is 0 Å². The third-order valence-corrected chi connectivity index (χ3v) is 13.2. The summed E-state index contributed by atoms with van der Waals surface area (Å²) >= 11 is 0. The average Bonchev–Trinajstić information content (AvgIpc) is 3.08. The molecule has 0 bridgehead atoms. The Labute approximate surface area is 289 Å². The number of likely N-dealkylation sites (tertiary alicyclic amines) is 2. The topological polar surface area (TPSA) is 103 Å². The number of benzene rings is 2. The molecule has 48 heavy (non-hydrogen) atoms. The maximum Gasteiger partial charge on any atom is 0.210 e. The fourth-order valence-electron chi connectivity index (χ4n) is 7.93. The number of rotatable bonds is 10. The molecule has 11 heteroatoms. The van der Waals surface area contributed by atoms with Crippen LogP contribution in [-0.2, 0) is 20.6 Å². The Bertz CT molecular complexity index is 1680. The van der Waals surface area contributed by atoms with E-state index in [1.54, 1.807) is 30.5 Å². The second-order valence-electron chi connectivity index (χ2n) is 14.4. The number of ether oxygens (including phenoxy) is 1. The minimum atomic E-state index is -3.93. The molecule has 0 amide bonds.